The molecule has 0 unspecified atom stereocenters. The molecule has 3 aromatic heterocycles. The normalized spacial score (nSPS) is 11.3. The van der Waals surface area contributed by atoms with Crippen molar-refractivity contribution in [1.82, 2.24) is 29.8 Å². The van der Waals surface area contributed by atoms with Crippen LogP contribution in [0.15, 0.2) is 67.0 Å². The lowest BCUT2D eigenvalue weighted by Crippen LogP contribution is -2.31. The number of nitrogens with one attached hydrogen (secondary N) is 3. The highest BCUT2D eigenvalue weighted by atomic mass is 19.2. The molecule has 0 bridgehead atoms. The number of imidazole rings is 1. The number of nitrogens with zero attached hydrogens (tertiary/aromatic N) is 5. The summed E-state index contributed by atoms with van der Waals surface area (Å²) < 4.78 is 33.1. The number of aromatic nitrogens is 5. The lowest BCUT2D eigenvalue weighted by atomic mass is 10.2. The number of aromatic amines is 1. The van der Waals surface area contributed by atoms with Gasteiger partial charge < -0.3 is 30.6 Å². The molecule has 0 saturated heterocycles. The van der Waals surface area contributed by atoms with Crippen molar-refractivity contribution in [3.05, 3.63) is 78.6 Å². The van der Waals surface area contributed by atoms with E-state index in [1.165, 1.54) is 0 Å². The molecule has 0 amide bonds. The van der Waals surface area contributed by atoms with E-state index >= 15 is 0 Å². The van der Waals surface area contributed by atoms with Crippen molar-refractivity contribution in [2.75, 3.05) is 50.0 Å². The Morgan fingerprint density at radius 3 is 2.45 bits per heavy atom. The van der Waals surface area contributed by atoms with Gasteiger partial charge in [0.2, 0.25) is 17.8 Å². The fraction of sp³-hybridized carbons (Fsp3) is 0.241. The van der Waals surface area contributed by atoms with Crippen LogP contribution >= 0.6 is 0 Å². The molecular weight excluding hydrogens is 546 g/mol. The maximum absolute atomic E-state index is 13.5. The molecule has 0 aliphatic rings. The van der Waals surface area contributed by atoms with Gasteiger partial charge in [0.05, 0.1) is 35.5 Å². The third kappa shape index (κ3) is 7.32. The molecule has 5 N–H and O–H groups in total. The van der Waals surface area contributed by atoms with Crippen LogP contribution in [0.4, 0.5) is 26.4 Å². The van der Waals surface area contributed by atoms with E-state index in [4.69, 9.17) is 14.9 Å². The number of hydrogen-bond acceptors (Lipinski definition) is 10. The molecule has 3 heterocycles. The number of aliphatic hydroxyl groups excluding tert-OH is 2. The van der Waals surface area contributed by atoms with Gasteiger partial charge in [-0.05, 0) is 55.4 Å². The molecule has 218 valence electrons. The lowest BCUT2D eigenvalue weighted by Gasteiger charge is -2.19. The summed E-state index contributed by atoms with van der Waals surface area (Å²) >= 11 is 0. The average Bonchev–Trinajstić information content (AvgIpc) is 3.37. The van der Waals surface area contributed by atoms with Gasteiger partial charge in [0.1, 0.15) is 5.75 Å². The van der Waals surface area contributed by atoms with Crippen LogP contribution in [0, 0.1) is 11.6 Å². The number of pyridine rings is 1. The van der Waals surface area contributed by atoms with Gasteiger partial charge in [-0.15, -0.1) is 0 Å². The van der Waals surface area contributed by atoms with Gasteiger partial charge in [-0.2, -0.15) is 0 Å². The number of benzene rings is 2. The number of anilines is 3. The van der Waals surface area contributed by atoms with Gasteiger partial charge in [-0.3, -0.25) is 4.90 Å². The summed E-state index contributed by atoms with van der Waals surface area (Å²) in [6.07, 6.45) is 4.08. The lowest BCUT2D eigenvalue weighted by molar-refractivity contribution is 0.161. The Balaban J connectivity index is 1.22. The number of rotatable bonds is 14. The van der Waals surface area contributed by atoms with Crippen LogP contribution in [-0.4, -0.2) is 79.4 Å². The minimum absolute atomic E-state index is 0.0458. The summed E-state index contributed by atoms with van der Waals surface area (Å²) in [4.78, 5) is 22.5. The van der Waals surface area contributed by atoms with E-state index in [0.717, 1.165) is 25.1 Å². The minimum atomic E-state index is -0.956. The van der Waals surface area contributed by atoms with Crippen molar-refractivity contribution < 1.29 is 23.7 Å². The highest BCUT2D eigenvalue weighted by molar-refractivity contribution is 5.78. The van der Waals surface area contributed by atoms with Crippen LogP contribution in [0.2, 0.25) is 0 Å². The summed E-state index contributed by atoms with van der Waals surface area (Å²) in [5.74, 6) is -0.188. The van der Waals surface area contributed by atoms with Crippen LogP contribution in [0.5, 0.6) is 11.6 Å². The van der Waals surface area contributed by atoms with Crippen LogP contribution in [0.1, 0.15) is 6.42 Å². The van der Waals surface area contributed by atoms with Crippen molar-refractivity contribution in [2.24, 2.45) is 0 Å². The number of hydrogen-bond donors (Lipinski definition) is 5. The quantitative estimate of drug-likeness (QED) is 0.121. The van der Waals surface area contributed by atoms with E-state index in [1.807, 2.05) is 11.0 Å². The van der Waals surface area contributed by atoms with Gasteiger partial charge in [0.25, 0.3) is 0 Å². The van der Waals surface area contributed by atoms with Crippen molar-refractivity contribution in [3.8, 4) is 22.9 Å². The van der Waals surface area contributed by atoms with E-state index < -0.39 is 11.6 Å². The first kappa shape index (κ1) is 28.8. The first-order valence-electron chi connectivity index (χ1n) is 13.4. The van der Waals surface area contributed by atoms with E-state index in [2.05, 4.69) is 35.6 Å². The number of H-pyrrole nitrogens is 1. The molecule has 0 saturated carbocycles. The smallest absolute Gasteiger partial charge is 0.228 e. The van der Waals surface area contributed by atoms with E-state index in [1.54, 1.807) is 48.8 Å². The fourth-order valence-corrected chi connectivity index (χ4v) is 4.30. The first-order chi connectivity index (χ1) is 20.5. The van der Waals surface area contributed by atoms with E-state index in [9.17, 15) is 8.78 Å². The van der Waals surface area contributed by atoms with Crippen molar-refractivity contribution >= 4 is 28.6 Å². The third-order valence-corrected chi connectivity index (χ3v) is 6.32. The number of aliphatic hydroxyl groups is 2. The number of halogens is 2. The maximum atomic E-state index is 13.5. The summed E-state index contributed by atoms with van der Waals surface area (Å²) in [6.45, 7) is 2.47. The molecule has 0 fully saturated rings. The van der Waals surface area contributed by atoms with Crippen molar-refractivity contribution in [3.63, 3.8) is 0 Å². The Labute approximate surface area is 240 Å². The van der Waals surface area contributed by atoms with Crippen molar-refractivity contribution in [1.29, 1.82) is 0 Å². The molecule has 0 aliphatic heterocycles. The van der Waals surface area contributed by atoms with Crippen LogP contribution in [0.3, 0.4) is 0 Å². The fourth-order valence-electron chi connectivity index (χ4n) is 4.30. The Hall–Kier alpha value is -4.72. The summed E-state index contributed by atoms with van der Waals surface area (Å²) in [7, 11) is 0. The van der Waals surface area contributed by atoms with Crippen LogP contribution in [0.25, 0.3) is 22.3 Å². The molecule has 5 rings (SSSR count). The molecule has 0 atom stereocenters. The average molecular weight is 577 g/mol. The molecule has 0 radical (unpaired) electrons. The van der Waals surface area contributed by atoms with Crippen LogP contribution in [-0.2, 0) is 0 Å². The first-order valence-corrected chi connectivity index (χ1v) is 13.4. The van der Waals surface area contributed by atoms with E-state index in [0.29, 0.717) is 71.1 Å². The summed E-state index contributed by atoms with van der Waals surface area (Å²) in [6, 6.07) is 14.6. The molecule has 0 aliphatic carbocycles. The Morgan fingerprint density at radius 2 is 1.67 bits per heavy atom. The zero-order valence-corrected chi connectivity index (χ0v) is 22.6. The highest BCUT2D eigenvalue weighted by Gasteiger charge is 2.13. The largest absolute Gasteiger partial charge is 0.438 e. The second-order valence-corrected chi connectivity index (χ2v) is 9.31. The van der Waals surface area contributed by atoms with Gasteiger partial charge in [0.15, 0.2) is 11.6 Å². The monoisotopic (exact) mass is 576 g/mol. The summed E-state index contributed by atoms with van der Waals surface area (Å²) in [5.41, 5.74) is 2.69. The number of fused-ring (bicyclic) bond motifs is 1. The Kier molecular flexibility index (Phi) is 9.44. The van der Waals surface area contributed by atoms with E-state index in [-0.39, 0.29) is 13.2 Å². The van der Waals surface area contributed by atoms with Gasteiger partial charge in [-0.1, -0.05) is 0 Å². The molecule has 2 aromatic carbocycles. The predicted molar refractivity (Wildman–Crippen MR) is 155 cm³/mol. The van der Waals surface area contributed by atoms with Gasteiger partial charge >= 0.3 is 0 Å². The summed E-state index contributed by atoms with van der Waals surface area (Å²) in [5, 5.41) is 24.6. The zero-order chi connectivity index (χ0) is 29.3. The topological polar surface area (TPSA) is 144 Å². The zero-order valence-electron chi connectivity index (χ0n) is 22.6. The number of ether oxygens (including phenoxy) is 1. The molecule has 0 spiro atoms. The highest BCUT2D eigenvalue weighted by Crippen LogP contribution is 2.31. The Bertz CT molecular complexity index is 1570. The third-order valence-electron chi connectivity index (χ3n) is 6.32. The molecule has 42 heavy (non-hydrogen) atoms. The SMILES string of the molecule is OCCN(CCO)CCCNc1nccc(-c2cccnc2Oc2ccc(Nc3nc4cc(F)c(F)cc4[nH]3)cc2)n1. The standard InChI is InChI=1S/C29H30F2N8O3/c30-22-17-25-26(18-23(22)31)38-29(37-25)35-19-4-6-20(7-5-19)42-27-21(3-1-9-32-27)24-8-11-34-28(36-24)33-10-2-12-39(13-15-40)14-16-41/h1,3-9,11,17-18,40-41H,2,10,12-16H2,(H,33,34,36)(H2,35,37,38). The molecule has 13 heteroatoms. The van der Waals surface area contributed by atoms with Crippen LogP contribution < -0.4 is 15.4 Å². The molecule has 11 nitrogen and oxygen atoms in total. The van der Waals surface area contributed by atoms with Gasteiger partial charge in [-0.25, -0.2) is 28.7 Å². The second kappa shape index (κ2) is 13.8. The second-order valence-electron chi connectivity index (χ2n) is 9.31. The maximum Gasteiger partial charge on any atom is 0.228 e. The Morgan fingerprint density at radius 1 is 0.881 bits per heavy atom. The van der Waals surface area contributed by atoms with Crippen molar-refractivity contribution in [2.45, 2.75) is 6.42 Å². The minimum Gasteiger partial charge on any atom is -0.438 e. The molecule has 5 aromatic rings. The predicted octanol–water partition coefficient (Wildman–Crippen LogP) is 4.32. The molecular formula is C29H30F2N8O3. The van der Waals surface area contributed by atoms with Gasteiger partial charge in [0, 0.05) is 49.8 Å².